The van der Waals surface area contributed by atoms with Gasteiger partial charge in [0.15, 0.2) is 0 Å². The molecular formula is C19H21ClFN3O. The number of carbonyl (C=O) groups excluding carboxylic acids is 1. The predicted molar refractivity (Wildman–Crippen MR) is 98.2 cm³/mol. The van der Waals surface area contributed by atoms with E-state index in [0.717, 1.165) is 38.3 Å². The summed E-state index contributed by atoms with van der Waals surface area (Å²) in [6.45, 7) is 4.64. The zero-order chi connectivity index (χ0) is 17.6. The SMILES string of the molecule is O=C(CN1CCN(Cc2ccc(F)cc2)CC1)Nc1cccc(Cl)c1. The van der Waals surface area contributed by atoms with Crippen molar-refractivity contribution >= 4 is 23.2 Å². The Kier molecular flexibility index (Phi) is 6.02. The van der Waals surface area contributed by atoms with Gasteiger partial charge in [-0.25, -0.2) is 4.39 Å². The van der Waals surface area contributed by atoms with E-state index in [1.165, 1.54) is 12.1 Å². The first-order valence-corrected chi connectivity index (χ1v) is 8.71. The third kappa shape index (κ3) is 5.53. The van der Waals surface area contributed by atoms with Crippen molar-refractivity contribution in [3.63, 3.8) is 0 Å². The highest BCUT2D eigenvalue weighted by molar-refractivity contribution is 6.30. The van der Waals surface area contributed by atoms with E-state index in [1.807, 2.05) is 24.3 Å². The second kappa shape index (κ2) is 8.43. The maximum atomic E-state index is 13.0. The standard InChI is InChI=1S/C19H21ClFN3O/c20-16-2-1-3-18(12-16)22-19(25)14-24-10-8-23(9-11-24)13-15-4-6-17(21)7-5-15/h1-7,12H,8-11,13-14H2,(H,22,25). The molecule has 0 aliphatic carbocycles. The number of anilines is 1. The minimum absolute atomic E-state index is 0.0331. The Morgan fingerprint density at radius 2 is 1.72 bits per heavy atom. The van der Waals surface area contributed by atoms with E-state index in [2.05, 4.69) is 15.1 Å². The van der Waals surface area contributed by atoms with Crippen LogP contribution in [-0.4, -0.2) is 48.4 Å². The largest absolute Gasteiger partial charge is 0.325 e. The van der Waals surface area contributed by atoms with Crippen LogP contribution in [0.2, 0.25) is 5.02 Å². The predicted octanol–water partition coefficient (Wildman–Crippen LogP) is 3.24. The molecule has 2 aromatic rings. The van der Waals surface area contributed by atoms with Gasteiger partial charge in [0.1, 0.15) is 5.82 Å². The van der Waals surface area contributed by atoms with Gasteiger partial charge in [-0.05, 0) is 35.9 Å². The molecule has 1 fully saturated rings. The van der Waals surface area contributed by atoms with Gasteiger partial charge in [0, 0.05) is 43.4 Å². The number of carbonyl (C=O) groups is 1. The highest BCUT2D eigenvalue weighted by Gasteiger charge is 2.19. The number of benzene rings is 2. The van der Waals surface area contributed by atoms with Crippen LogP contribution in [0.4, 0.5) is 10.1 Å². The van der Waals surface area contributed by atoms with Gasteiger partial charge in [-0.15, -0.1) is 0 Å². The van der Waals surface area contributed by atoms with Crippen LogP contribution in [0.5, 0.6) is 0 Å². The van der Waals surface area contributed by atoms with Crippen LogP contribution < -0.4 is 5.32 Å². The Morgan fingerprint density at radius 1 is 1.04 bits per heavy atom. The van der Waals surface area contributed by atoms with E-state index < -0.39 is 0 Å². The summed E-state index contributed by atoms with van der Waals surface area (Å²) in [7, 11) is 0. The summed E-state index contributed by atoms with van der Waals surface area (Å²) in [5, 5.41) is 3.48. The van der Waals surface area contributed by atoms with E-state index in [1.54, 1.807) is 12.1 Å². The second-order valence-corrected chi connectivity index (χ2v) is 6.67. The van der Waals surface area contributed by atoms with Gasteiger partial charge in [0.25, 0.3) is 0 Å². The highest BCUT2D eigenvalue weighted by Crippen LogP contribution is 2.15. The zero-order valence-electron chi connectivity index (χ0n) is 13.9. The van der Waals surface area contributed by atoms with Crippen molar-refractivity contribution in [2.45, 2.75) is 6.54 Å². The number of rotatable bonds is 5. The molecule has 1 aliphatic heterocycles. The molecule has 25 heavy (non-hydrogen) atoms. The normalized spacial score (nSPS) is 15.9. The third-order valence-electron chi connectivity index (χ3n) is 4.26. The molecule has 1 heterocycles. The molecule has 3 rings (SSSR count). The molecule has 0 saturated carbocycles. The molecule has 0 spiro atoms. The number of amides is 1. The molecule has 1 aliphatic rings. The zero-order valence-corrected chi connectivity index (χ0v) is 14.7. The van der Waals surface area contributed by atoms with Gasteiger partial charge in [0.2, 0.25) is 5.91 Å². The van der Waals surface area contributed by atoms with Gasteiger partial charge < -0.3 is 5.32 Å². The second-order valence-electron chi connectivity index (χ2n) is 6.24. The van der Waals surface area contributed by atoms with Crippen molar-refractivity contribution in [1.82, 2.24) is 9.80 Å². The van der Waals surface area contributed by atoms with E-state index >= 15 is 0 Å². The average molecular weight is 362 g/mol. The van der Waals surface area contributed by atoms with Crippen molar-refractivity contribution in [3.8, 4) is 0 Å². The van der Waals surface area contributed by atoms with E-state index in [-0.39, 0.29) is 11.7 Å². The number of piperazine rings is 1. The number of nitrogens with zero attached hydrogens (tertiary/aromatic N) is 2. The van der Waals surface area contributed by atoms with Gasteiger partial charge in [-0.1, -0.05) is 29.8 Å². The van der Waals surface area contributed by atoms with Crippen LogP contribution in [-0.2, 0) is 11.3 Å². The number of hydrogen-bond acceptors (Lipinski definition) is 3. The lowest BCUT2D eigenvalue weighted by atomic mass is 10.2. The molecule has 4 nitrogen and oxygen atoms in total. The first kappa shape index (κ1) is 17.9. The van der Waals surface area contributed by atoms with Crippen LogP contribution in [0, 0.1) is 5.82 Å². The van der Waals surface area contributed by atoms with Crippen molar-refractivity contribution in [2.75, 3.05) is 38.0 Å². The molecule has 0 aromatic heterocycles. The Labute approximate surface area is 152 Å². The van der Waals surface area contributed by atoms with Gasteiger partial charge in [0.05, 0.1) is 6.54 Å². The Hall–Kier alpha value is -1.95. The first-order chi connectivity index (χ1) is 12.1. The third-order valence-corrected chi connectivity index (χ3v) is 4.50. The summed E-state index contributed by atoms with van der Waals surface area (Å²) in [5.74, 6) is -0.242. The lowest BCUT2D eigenvalue weighted by Crippen LogP contribution is -2.48. The maximum Gasteiger partial charge on any atom is 0.238 e. The van der Waals surface area contributed by atoms with Crippen LogP contribution in [0.1, 0.15) is 5.56 Å². The van der Waals surface area contributed by atoms with E-state index in [9.17, 15) is 9.18 Å². The molecule has 0 radical (unpaired) electrons. The van der Waals surface area contributed by atoms with Crippen molar-refractivity contribution < 1.29 is 9.18 Å². The van der Waals surface area contributed by atoms with Crippen LogP contribution in [0.15, 0.2) is 48.5 Å². The Morgan fingerprint density at radius 3 is 2.40 bits per heavy atom. The van der Waals surface area contributed by atoms with Gasteiger partial charge >= 0.3 is 0 Å². The van der Waals surface area contributed by atoms with Crippen molar-refractivity contribution in [1.29, 1.82) is 0 Å². The van der Waals surface area contributed by atoms with Gasteiger partial charge in [-0.3, -0.25) is 14.6 Å². The summed E-state index contributed by atoms with van der Waals surface area (Å²) in [6, 6.07) is 13.8. The highest BCUT2D eigenvalue weighted by atomic mass is 35.5. The minimum Gasteiger partial charge on any atom is -0.325 e. The van der Waals surface area contributed by atoms with Crippen molar-refractivity contribution in [2.24, 2.45) is 0 Å². The molecule has 1 amide bonds. The monoisotopic (exact) mass is 361 g/mol. The molecule has 0 atom stereocenters. The fraction of sp³-hybridized carbons (Fsp3) is 0.316. The maximum absolute atomic E-state index is 13.0. The molecule has 0 bridgehead atoms. The molecule has 1 N–H and O–H groups in total. The van der Waals surface area contributed by atoms with Crippen LogP contribution in [0.25, 0.3) is 0 Å². The smallest absolute Gasteiger partial charge is 0.238 e. The molecule has 132 valence electrons. The fourth-order valence-corrected chi connectivity index (χ4v) is 3.11. The number of halogens is 2. The topological polar surface area (TPSA) is 35.6 Å². The molecule has 1 saturated heterocycles. The molecule has 6 heteroatoms. The summed E-state index contributed by atoms with van der Waals surface area (Å²) in [4.78, 5) is 16.6. The van der Waals surface area contributed by atoms with Gasteiger partial charge in [-0.2, -0.15) is 0 Å². The number of nitrogens with one attached hydrogen (secondary N) is 1. The van der Waals surface area contributed by atoms with E-state index in [4.69, 9.17) is 11.6 Å². The molecule has 2 aromatic carbocycles. The van der Waals surface area contributed by atoms with Crippen LogP contribution >= 0.6 is 11.6 Å². The fourth-order valence-electron chi connectivity index (χ4n) is 2.92. The molecule has 0 unspecified atom stereocenters. The number of hydrogen-bond donors (Lipinski definition) is 1. The quantitative estimate of drug-likeness (QED) is 0.888. The van der Waals surface area contributed by atoms with Crippen molar-refractivity contribution in [3.05, 3.63) is 64.9 Å². The molecular weight excluding hydrogens is 341 g/mol. The Bertz CT molecular complexity index is 715. The first-order valence-electron chi connectivity index (χ1n) is 8.33. The summed E-state index contributed by atoms with van der Waals surface area (Å²) in [5.41, 5.74) is 1.82. The minimum atomic E-state index is -0.209. The van der Waals surface area contributed by atoms with E-state index in [0.29, 0.717) is 17.3 Å². The Balaban J connectivity index is 1.42. The summed E-state index contributed by atoms with van der Waals surface area (Å²) < 4.78 is 13.0. The lowest BCUT2D eigenvalue weighted by Gasteiger charge is -2.34. The summed E-state index contributed by atoms with van der Waals surface area (Å²) in [6.07, 6.45) is 0. The van der Waals surface area contributed by atoms with Crippen LogP contribution in [0.3, 0.4) is 0 Å². The lowest BCUT2D eigenvalue weighted by molar-refractivity contribution is -0.117. The average Bonchev–Trinajstić information content (AvgIpc) is 2.59. The summed E-state index contributed by atoms with van der Waals surface area (Å²) >= 11 is 5.92.